The highest BCUT2D eigenvalue weighted by Crippen LogP contribution is 2.06. The van der Waals surface area contributed by atoms with E-state index in [0.717, 1.165) is 12.0 Å². The first-order valence-electron chi connectivity index (χ1n) is 6.10. The highest BCUT2D eigenvalue weighted by Gasteiger charge is 2.18. The van der Waals surface area contributed by atoms with Crippen molar-refractivity contribution in [2.45, 2.75) is 32.9 Å². The van der Waals surface area contributed by atoms with E-state index in [1.165, 1.54) is 0 Å². The third-order valence-electron chi connectivity index (χ3n) is 3.11. The van der Waals surface area contributed by atoms with Crippen molar-refractivity contribution in [1.82, 2.24) is 5.32 Å². The van der Waals surface area contributed by atoms with Crippen LogP contribution in [0, 0.1) is 17.2 Å². The molecular formula is C14H19N3O. The maximum absolute atomic E-state index is 11.8. The molecule has 0 saturated heterocycles. The van der Waals surface area contributed by atoms with Crippen LogP contribution < -0.4 is 11.1 Å². The molecule has 1 rings (SSSR count). The summed E-state index contributed by atoms with van der Waals surface area (Å²) >= 11 is 0. The second kappa shape index (κ2) is 6.77. The SMILES string of the molecule is CCC(C)[C@H](N)C(=O)NCc1ccc(C#N)cc1. The first kappa shape index (κ1) is 14.2. The highest BCUT2D eigenvalue weighted by atomic mass is 16.2. The van der Waals surface area contributed by atoms with Crippen molar-refractivity contribution in [3.63, 3.8) is 0 Å². The second-order valence-corrected chi connectivity index (χ2v) is 4.44. The van der Waals surface area contributed by atoms with E-state index >= 15 is 0 Å². The Balaban J connectivity index is 2.49. The molecule has 2 atom stereocenters. The first-order chi connectivity index (χ1) is 8.58. The van der Waals surface area contributed by atoms with Crippen molar-refractivity contribution in [1.29, 1.82) is 5.26 Å². The van der Waals surface area contributed by atoms with Gasteiger partial charge in [0.25, 0.3) is 0 Å². The Kier molecular flexibility index (Phi) is 5.34. The van der Waals surface area contributed by atoms with Crippen LogP contribution in [-0.4, -0.2) is 11.9 Å². The van der Waals surface area contributed by atoms with Gasteiger partial charge < -0.3 is 11.1 Å². The van der Waals surface area contributed by atoms with Crippen LogP contribution in [0.4, 0.5) is 0 Å². The molecule has 0 aliphatic heterocycles. The Morgan fingerprint density at radius 3 is 2.56 bits per heavy atom. The third kappa shape index (κ3) is 3.86. The average Bonchev–Trinajstić information content (AvgIpc) is 2.43. The van der Waals surface area contributed by atoms with E-state index in [-0.39, 0.29) is 11.8 Å². The van der Waals surface area contributed by atoms with E-state index in [9.17, 15) is 4.79 Å². The molecule has 0 aromatic heterocycles. The maximum Gasteiger partial charge on any atom is 0.237 e. The molecule has 1 amide bonds. The molecule has 0 heterocycles. The highest BCUT2D eigenvalue weighted by molar-refractivity contribution is 5.81. The van der Waals surface area contributed by atoms with Crippen LogP contribution in [0.25, 0.3) is 0 Å². The fourth-order valence-corrected chi connectivity index (χ4v) is 1.52. The van der Waals surface area contributed by atoms with Gasteiger partial charge in [-0.1, -0.05) is 32.4 Å². The number of hydrogen-bond acceptors (Lipinski definition) is 3. The molecule has 18 heavy (non-hydrogen) atoms. The minimum Gasteiger partial charge on any atom is -0.351 e. The second-order valence-electron chi connectivity index (χ2n) is 4.44. The number of rotatable bonds is 5. The quantitative estimate of drug-likeness (QED) is 0.826. The Morgan fingerprint density at radius 2 is 2.06 bits per heavy atom. The molecular weight excluding hydrogens is 226 g/mol. The molecule has 4 nitrogen and oxygen atoms in total. The summed E-state index contributed by atoms with van der Waals surface area (Å²) in [5.41, 5.74) is 7.40. The van der Waals surface area contributed by atoms with Gasteiger partial charge in [-0.25, -0.2) is 0 Å². The van der Waals surface area contributed by atoms with Crippen LogP contribution in [0.5, 0.6) is 0 Å². The summed E-state index contributed by atoms with van der Waals surface area (Å²) in [4.78, 5) is 11.8. The summed E-state index contributed by atoms with van der Waals surface area (Å²) in [6.45, 7) is 4.42. The van der Waals surface area contributed by atoms with Gasteiger partial charge in [-0.15, -0.1) is 0 Å². The van der Waals surface area contributed by atoms with E-state index in [1.54, 1.807) is 12.1 Å². The molecule has 3 N–H and O–H groups in total. The monoisotopic (exact) mass is 245 g/mol. The zero-order chi connectivity index (χ0) is 13.5. The molecule has 0 bridgehead atoms. The molecule has 96 valence electrons. The summed E-state index contributed by atoms with van der Waals surface area (Å²) < 4.78 is 0. The predicted octanol–water partition coefficient (Wildman–Crippen LogP) is 1.55. The Hall–Kier alpha value is -1.86. The van der Waals surface area contributed by atoms with Gasteiger partial charge in [-0.2, -0.15) is 5.26 Å². The Morgan fingerprint density at radius 1 is 1.44 bits per heavy atom. The third-order valence-corrected chi connectivity index (χ3v) is 3.11. The molecule has 0 aliphatic carbocycles. The largest absolute Gasteiger partial charge is 0.351 e. The van der Waals surface area contributed by atoms with Crippen LogP contribution in [0.2, 0.25) is 0 Å². The average molecular weight is 245 g/mol. The number of nitrogens with zero attached hydrogens (tertiary/aromatic N) is 1. The van der Waals surface area contributed by atoms with Gasteiger partial charge in [0.15, 0.2) is 0 Å². The summed E-state index contributed by atoms with van der Waals surface area (Å²) in [5, 5.41) is 11.5. The molecule has 0 radical (unpaired) electrons. The number of carbonyl (C=O) groups is 1. The van der Waals surface area contributed by atoms with Gasteiger partial charge in [-0.3, -0.25) is 4.79 Å². The van der Waals surface area contributed by atoms with Crippen LogP contribution >= 0.6 is 0 Å². The number of nitriles is 1. The summed E-state index contributed by atoms with van der Waals surface area (Å²) in [5.74, 6) is 0.0414. The first-order valence-corrected chi connectivity index (χ1v) is 6.10. The predicted molar refractivity (Wildman–Crippen MR) is 70.4 cm³/mol. The van der Waals surface area contributed by atoms with Gasteiger partial charge in [0.1, 0.15) is 0 Å². The zero-order valence-electron chi connectivity index (χ0n) is 10.8. The number of nitrogens with two attached hydrogens (primary N) is 1. The van der Waals surface area contributed by atoms with Crippen LogP contribution in [0.1, 0.15) is 31.4 Å². The topological polar surface area (TPSA) is 78.9 Å². The smallest absolute Gasteiger partial charge is 0.237 e. The molecule has 0 spiro atoms. The number of carbonyl (C=O) groups excluding carboxylic acids is 1. The van der Waals surface area contributed by atoms with Gasteiger partial charge in [-0.05, 0) is 23.6 Å². The summed E-state index contributed by atoms with van der Waals surface area (Å²) in [6.07, 6.45) is 0.880. The van der Waals surface area contributed by atoms with Gasteiger partial charge in [0.05, 0.1) is 17.7 Å². The lowest BCUT2D eigenvalue weighted by Crippen LogP contribution is -2.44. The standard InChI is InChI=1S/C14H19N3O/c1-3-10(2)13(16)14(18)17-9-12-6-4-11(8-15)5-7-12/h4-7,10,13H,3,9,16H2,1-2H3,(H,17,18)/t10?,13-/m0/s1. The molecule has 4 heteroatoms. The molecule has 1 unspecified atom stereocenters. The minimum absolute atomic E-state index is 0.131. The Labute approximate surface area is 108 Å². The number of benzene rings is 1. The number of amides is 1. The van der Waals surface area contributed by atoms with Gasteiger partial charge in [0.2, 0.25) is 5.91 Å². The zero-order valence-corrected chi connectivity index (χ0v) is 10.8. The maximum atomic E-state index is 11.8. The normalized spacial score (nSPS) is 13.4. The van der Waals surface area contributed by atoms with E-state index in [2.05, 4.69) is 11.4 Å². The number of hydrogen-bond donors (Lipinski definition) is 2. The van der Waals surface area contributed by atoms with Crippen molar-refractivity contribution in [3.8, 4) is 6.07 Å². The molecule has 0 aliphatic rings. The van der Waals surface area contributed by atoms with E-state index in [1.807, 2.05) is 26.0 Å². The summed E-state index contributed by atoms with van der Waals surface area (Å²) in [7, 11) is 0. The van der Waals surface area contributed by atoms with Crippen molar-refractivity contribution >= 4 is 5.91 Å². The summed E-state index contributed by atoms with van der Waals surface area (Å²) in [6, 6.07) is 8.71. The van der Waals surface area contributed by atoms with Gasteiger partial charge in [0, 0.05) is 6.54 Å². The van der Waals surface area contributed by atoms with Crippen molar-refractivity contribution in [2.24, 2.45) is 11.7 Å². The lowest BCUT2D eigenvalue weighted by Gasteiger charge is -2.17. The van der Waals surface area contributed by atoms with Crippen molar-refractivity contribution in [3.05, 3.63) is 35.4 Å². The van der Waals surface area contributed by atoms with Crippen LogP contribution in [0.15, 0.2) is 24.3 Å². The van der Waals surface area contributed by atoms with Crippen molar-refractivity contribution in [2.75, 3.05) is 0 Å². The lowest BCUT2D eigenvalue weighted by atomic mass is 9.99. The van der Waals surface area contributed by atoms with Crippen LogP contribution in [0.3, 0.4) is 0 Å². The van der Waals surface area contributed by atoms with E-state index in [4.69, 9.17) is 11.0 Å². The van der Waals surface area contributed by atoms with E-state index in [0.29, 0.717) is 12.1 Å². The molecule has 0 fully saturated rings. The minimum atomic E-state index is -0.464. The Bertz CT molecular complexity index is 433. The van der Waals surface area contributed by atoms with E-state index < -0.39 is 6.04 Å². The fourth-order valence-electron chi connectivity index (χ4n) is 1.52. The number of nitrogens with one attached hydrogen (secondary N) is 1. The van der Waals surface area contributed by atoms with Crippen molar-refractivity contribution < 1.29 is 4.79 Å². The lowest BCUT2D eigenvalue weighted by molar-refractivity contribution is -0.123. The van der Waals surface area contributed by atoms with Crippen LogP contribution in [-0.2, 0) is 11.3 Å². The van der Waals surface area contributed by atoms with Gasteiger partial charge >= 0.3 is 0 Å². The fraction of sp³-hybridized carbons (Fsp3) is 0.429. The molecule has 1 aromatic rings. The molecule has 0 saturated carbocycles. The molecule has 1 aromatic carbocycles.